The van der Waals surface area contributed by atoms with Crippen LogP contribution in [0.2, 0.25) is 0 Å². The summed E-state index contributed by atoms with van der Waals surface area (Å²) >= 11 is 0. The smallest absolute Gasteiger partial charge is 0.310 e. The molecule has 3 rings (SSSR count). The Bertz CT molecular complexity index is 667. The van der Waals surface area contributed by atoms with Crippen molar-refractivity contribution in [2.24, 2.45) is 18.9 Å². The maximum absolute atomic E-state index is 11.8. The van der Waals surface area contributed by atoms with Crippen molar-refractivity contribution in [2.75, 3.05) is 25.1 Å². The number of carbonyl (C=O) groups is 1. The molecule has 2 atom stereocenters. The van der Waals surface area contributed by atoms with E-state index in [-0.39, 0.29) is 17.8 Å². The fourth-order valence-corrected chi connectivity index (χ4v) is 2.87. The zero-order chi connectivity index (χ0) is 15.7. The molecule has 7 heteroatoms. The Hall–Kier alpha value is -2.44. The number of anilines is 1. The van der Waals surface area contributed by atoms with Crippen LogP contribution in [0.25, 0.3) is 11.4 Å². The van der Waals surface area contributed by atoms with Crippen LogP contribution < -0.4 is 4.90 Å². The molecule has 2 aromatic rings. The molecular weight excluding hydrogens is 282 g/mol. The molecule has 3 heterocycles. The topological polar surface area (TPSA) is 73.1 Å². The molecule has 0 radical (unpaired) electrons. The van der Waals surface area contributed by atoms with Gasteiger partial charge < -0.3 is 9.64 Å². The van der Waals surface area contributed by atoms with Gasteiger partial charge in [0.15, 0.2) is 5.82 Å². The molecule has 22 heavy (non-hydrogen) atoms. The van der Waals surface area contributed by atoms with Crippen molar-refractivity contribution in [1.29, 1.82) is 0 Å². The van der Waals surface area contributed by atoms with Crippen molar-refractivity contribution in [1.82, 2.24) is 20.0 Å². The number of aryl methyl sites for hydroxylation is 1. The van der Waals surface area contributed by atoms with Gasteiger partial charge in [-0.2, -0.15) is 5.10 Å². The summed E-state index contributed by atoms with van der Waals surface area (Å²) in [6, 6.07) is 5.76. The van der Waals surface area contributed by atoms with Crippen molar-refractivity contribution >= 4 is 11.8 Å². The summed E-state index contributed by atoms with van der Waals surface area (Å²) in [6.45, 7) is 3.45. The third kappa shape index (κ3) is 2.54. The van der Waals surface area contributed by atoms with E-state index in [0.717, 1.165) is 23.8 Å². The van der Waals surface area contributed by atoms with E-state index >= 15 is 0 Å². The summed E-state index contributed by atoms with van der Waals surface area (Å²) in [5.74, 6) is 0.758. The predicted molar refractivity (Wildman–Crippen MR) is 81.1 cm³/mol. The minimum Gasteiger partial charge on any atom is -0.469 e. The van der Waals surface area contributed by atoms with Crippen LogP contribution in [0.4, 0.5) is 5.82 Å². The second kappa shape index (κ2) is 5.75. The molecule has 0 aliphatic carbocycles. The monoisotopic (exact) mass is 301 g/mol. The highest BCUT2D eigenvalue weighted by molar-refractivity contribution is 5.74. The third-order valence-corrected chi connectivity index (χ3v) is 4.17. The Morgan fingerprint density at radius 3 is 2.68 bits per heavy atom. The average Bonchev–Trinajstić information content (AvgIpc) is 3.13. The fraction of sp³-hybridized carbons (Fsp3) is 0.467. The Kier molecular flexibility index (Phi) is 3.79. The third-order valence-electron chi connectivity index (χ3n) is 4.17. The lowest BCUT2D eigenvalue weighted by Gasteiger charge is -2.16. The number of nitrogens with zero attached hydrogens (tertiary/aromatic N) is 5. The molecule has 116 valence electrons. The number of hydrogen-bond acceptors (Lipinski definition) is 6. The molecule has 0 saturated carbocycles. The van der Waals surface area contributed by atoms with Gasteiger partial charge in [0.25, 0.3) is 0 Å². The van der Waals surface area contributed by atoms with E-state index in [2.05, 4.69) is 27.1 Å². The van der Waals surface area contributed by atoms with Gasteiger partial charge >= 0.3 is 5.97 Å². The molecule has 2 aromatic heterocycles. The van der Waals surface area contributed by atoms with Crippen LogP contribution in [-0.4, -0.2) is 46.1 Å². The van der Waals surface area contributed by atoms with Crippen LogP contribution >= 0.6 is 0 Å². The van der Waals surface area contributed by atoms with Gasteiger partial charge in [-0.1, -0.05) is 6.92 Å². The second-order valence-corrected chi connectivity index (χ2v) is 5.63. The van der Waals surface area contributed by atoms with E-state index in [9.17, 15) is 4.79 Å². The summed E-state index contributed by atoms with van der Waals surface area (Å²) in [7, 11) is 3.30. The van der Waals surface area contributed by atoms with E-state index in [0.29, 0.717) is 6.54 Å². The number of rotatable bonds is 3. The van der Waals surface area contributed by atoms with Gasteiger partial charge in [0.05, 0.1) is 18.7 Å². The number of ether oxygens (including phenoxy) is 1. The van der Waals surface area contributed by atoms with Gasteiger partial charge in [-0.3, -0.25) is 9.48 Å². The average molecular weight is 301 g/mol. The number of aromatic nitrogens is 4. The van der Waals surface area contributed by atoms with Crippen molar-refractivity contribution in [2.45, 2.75) is 6.92 Å². The van der Waals surface area contributed by atoms with E-state index < -0.39 is 0 Å². The van der Waals surface area contributed by atoms with E-state index in [1.807, 2.05) is 25.2 Å². The van der Waals surface area contributed by atoms with Gasteiger partial charge in [0.1, 0.15) is 5.69 Å². The number of hydrogen-bond donors (Lipinski definition) is 0. The molecule has 0 unspecified atom stereocenters. The SMILES string of the molecule is COC(=O)[C@@H]1CN(c2ccc(-c3ccnn3C)nn2)C[C@H]1C. The number of methoxy groups -OCH3 is 1. The maximum atomic E-state index is 11.8. The van der Waals surface area contributed by atoms with Crippen LogP contribution in [0.15, 0.2) is 24.4 Å². The highest BCUT2D eigenvalue weighted by atomic mass is 16.5. The van der Waals surface area contributed by atoms with Gasteiger partial charge in [0, 0.05) is 26.3 Å². The normalized spacial score (nSPS) is 21.1. The van der Waals surface area contributed by atoms with Gasteiger partial charge in [-0.05, 0) is 24.1 Å². The van der Waals surface area contributed by atoms with Gasteiger partial charge in [-0.15, -0.1) is 10.2 Å². The summed E-state index contributed by atoms with van der Waals surface area (Å²) in [5.41, 5.74) is 1.70. The van der Waals surface area contributed by atoms with Gasteiger partial charge in [-0.25, -0.2) is 0 Å². The highest BCUT2D eigenvalue weighted by Gasteiger charge is 2.36. The van der Waals surface area contributed by atoms with E-state index in [1.54, 1.807) is 10.9 Å². The zero-order valence-electron chi connectivity index (χ0n) is 12.9. The first-order valence-corrected chi connectivity index (χ1v) is 7.25. The molecule has 0 spiro atoms. The minimum atomic E-state index is -0.158. The molecule has 1 aliphatic heterocycles. The first-order chi connectivity index (χ1) is 10.6. The summed E-state index contributed by atoms with van der Waals surface area (Å²) < 4.78 is 6.62. The van der Waals surface area contributed by atoms with Crippen molar-refractivity contribution in [3.63, 3.8) is 0 Å². The Labute approximate surface area is 128 Å². The molecule has 0 aromatic carbocycles. The molecule has 1 aliphatic rings. The van der Waals surface area contributed by atoms with Crippen LogP contribution in [-0.2, 0) is 16.6 Å². The summed E-state index contributed by atoms with van der Waals surface area (Å²) in [4.78, 5) is 13.8. The Balaban J connectivity index is 1.77. The minimum absolute atomic E-state index is 0.108. The Morgan fingerprint density at radius 1 is 1.27 bits per heavy atom. The van der Waals surface area contributed by atoms with Crippen LogP contribution in [0.3, 0.4) is 0 Å². The predicted octanol–water partition coefficient (Wildman–Crippen LogP) is 1.12. The zero-order valence-corrected chi connectivity index (χ0v) is 12.9. The first-order valence-electron chi connectivity index (χ1n) is 7.25. The van der Waals surface area contributed by atoms with Crippen LogP contribution in [0, 0.1) is 11.8 Å². The lowest BCUT2D eigenvalue weighted by molar-refractivity contribution is -0.145. The summed E-state index contributed by atoms with van der Waals surface area (Å²) in [6.07, 6.45) is 1.73. The summed E-state index contributed by atoms with van der Waals surface area (Å²) in [5, 5.41) is 12.7. The Morgan fingerprint density at radius 2 is 2.09 bits per heavy atom. The second-order valence-electron chi connectivity index (χ2n) is 5.63. The largest absolute Gasteiger partial charge is 0.469 e. The lowest BCUT2D eigenvalue weighted by Crippen LogP contribution is -2.25. The fourth-order valence-electron chi connectivity index (χ4n) is 2.87. The quantitative estimate of drug-likeness (QED) is 0.791. The molecular formula is C15H19N5O2. The van der Waals surface area contributed by atoms with Crippen LogP contribution in [0.5, 0.6) is 0 Å². The maximum Gasteiger partial charge on any atom is 0.310 e. The molecule has 0 N–H and O–H groups in total. The molecule has 0 bridgehead atoms. The molecule has 7 nitrogen and oxygen atoms in total. The van der Waals surface area contributed by atoms with Crippen LogP contribution in [0.1, 0.15) is 6.92 Å². The standard InChI is InChI=1S/C15H19N5O2/c1-10-8-20(9-11(10)15(21)22-3)14-5-4-12(17-18-14)13-6-7-16-19(13)2/h4-7,10-11H,8-9H2,1-3H3/t10-,11-/m1/s1. The molecule has 1 fully saturated rings. The first kappa shape index (κ1) is 14.5. The molecule has 0 amide bonds. The van der Waals surface area contributed by atoms with E-state index in [4.69, 9.17) is 4.74 Å². The van der Waals surface area contributed by atoms with Crippen molar-refractivity contribution in [3.8, 4) is 11.4 Å². The highest BCUT2D eigenvalue weighted by Crippen LogP contribution is 2.28. The van der Waals surface area contributed by atoms with E-state index in [1.165, 1.54) is 7.11 Å². The molecule has 1 saturated heterocycles. The van der Waals surface area contributed by atoms with Gasteiger partial charge in [0.2, 0.25) is 0 Å². The van der Waals surface area contributed by atoms with Crippen molar-refractivity contribution < 1.29 is 9.53 Å². The van der Waals surface area contributed by atoms with Crippen molar-refractivity contribution in [3.05, 3.63) is 24.4 Å². The number of carbonyl (C=O) groups excluding carboxylic acids is 1. The lowest BCUT2D eigenvalue weighted by atomic mass is 9.99. The number of esters is 1.